The lowest BCUT2D eigenvalue weighted by Gasteiger charge is -2.16. The summed E-state index contributed by atoms with van der Waals surface area (Å²) in [5.74, 6) is 0.955. The summed E-state index contributed by atoms with van der Waals surface area (Å²) in [6.45, 7) is 5.63. The maximum absolute atomic E-state index is 12.8. The van der Waals surface area contributed by atoms with Gasteiger partial charge >= 0.3 is 0 Å². The molecule has 3 heterocycles. The number of aromatic nitrogens is 3. The fraction of sp³-hybridized carbons (Fsp3) is 0.304. The zero-order valence-electron chi connectivity index (χ0n) is 17.9. The molecule has 0 unspecified atom stereocenters. The molecule has 0 bridgehead atoms. The molecule has 2 aromatic heterocycles. The summed E-state index contributed by atoms with van der Waals surface area (Å²) in [4.78, 5) is 29.5. The molecule has 0 aliphatic carbocycles. The minimum absolute atomic E-state index is 0.164. The molecule has 0 fully saturated rings. The number of Topliss-reactive ketones (excluding diaryl/α,β-unsaturated/α-hetero) is 1. The van der Waals surface area contributed by atoms with Gasteiger partial charge in [0, 0.05) is 54.3 Å². The van der Waals surface area contributed by atoms with Crippen molar-refractivity contribution in [3.05, 3.63) is 65.1 Å². The molecule has 0 saturated carbocycles. The first-order chi connectivity index (χ1) is 14.7. The summed E-state index contributed by atoms with van der Waals surface area (Å²) in [7, 11) is 1.77. The summed E-state index contributed by atoms with van der Waals surface area (Å²) < 4.78 is 13.5. The van der Waals surface area contributed by atoms with Crippen molar-refractivity contribution in [1.82, 2.24) is 14.8 Å². The molecule has 1 amide bonds. The Morgan fingerprint density at radius 2 is 2.03 bits per heavy atom. The van der Waals surface area contributed by atoms with Gasteiger partial charge in [0.25, 0.3) is 5.91 Å². The number of aryl methyl sites for hydroxylation is 2. The quantitative estimate of drug-likeness (QED) is 0.615. The Bertz CT molecular complexity index is 1150. The molecule has 1 aliphatic rings. The standard InChI is InChI=1S/C23H24N4O4/c1-14-5-6-15(12-24-14)18(28)13-30-19-9-16(10-20-17(19)11-23(2,3)31-20)22(29)25-21-7-8-27(4)26-21/h5-10,12H,11,13H2,1-4H3,(H,25,26,29). The second-order valence-corrected chi connectivity index (χ2v) is 8.22. The molecule has 160 valence electrons. The molecular formula is C23H24N4O4. The van der Waals surface area contributed by atoms with Crippen LogP contribution in [-0.2, 0) is 13.5 Å². The number of nitrogens with one attached hydrogen (secondary N) is 1. The summed E-state index contributed by atoms with van der Waals surface area (Å²) >= 11 is 0. The zero-order chi connectivity index (χ0) is 22.2. The molecule has 0 atom stereocenters. The fourth-order valence-corrected chi connectivity index (χ4v) is 3.43. The normalized spacial score (nSPS) is 13.9. The van der Waals surface area contributed by atoms with Gasteiger partial charge in [-0.1, -0.05) is 0 Å². The summed E-state index contributed by atoms with van der Waals surface area (Å²) in [5.41, 5.74) is 2.08. The van der Waals surface area contributed by atoms with Crippen molar-refractivity contribution >= 4 is 17.5 Å². The van der Waals surface area contributed by atoms with Gasteiger partial charge in [0.05, 0.1) is 0 Å². The first-order valence-electron chi connectivity index (χ1n) is 9.96. The monoisotopic (exact) mass is 420 g/mol. The third-order valence-electron chi connectivity index (χ3n) is 4.97. The van der Waals surface area contributed by atoms with Crippen LogP contribution in [-0.4, -0.2) is 38.7 Å². The average Bonchev–Trinajstić information content (AvgIpc) is 3.26. The van der Waals surface area contributed by atoms with Gasteiger partial charge in [-0.05, 0) is 45.0 Å². The van der Waals surface area contributed by atoms with Crippen LogP contribution in [0.15, 0.2) is 42.7 Å². The smallest absolute Gasteiger partial charge is 0.257 e. The van der Waals surface area contributed by atoms with E-state index in [-0.39, 0.29) is 18.3 Å². The highest BCUT2D eigenvalue weighted by Gasteiger charge is 2.34. The van der Waals surface area contributed by atoms with Crippen LogP contribution in [0.1, 0.15) is 45.8 Å². The third-order valence-corrected chi connectivity index (χ3v) is 4.97. The fourth-order valence-electron chi connectivity index (χ4n) is 3.43. The van der Waals surface area contributed by atoms with Crippen LogP contribution in [0.3, 0.4) is 0 Å². The van der Waals surface area contributed by atoms with Crippen molar-refractivity contribution in [2.45, 2.75) is 32.8 Å². The van der Waals surface area contributed by atoms with Gasteiger partial charge in [0.1, 0.15) is 17.1 Å². The molecule has 3 aromatic rings. The Hall–Kier alpha value is -3.68. The lowest BCUT2D eigenvalue weighted by atomic mass is 9.99. The highest BCUT2D eigenvalue weighted by atomic mass is 16.5. The van der Waals surface area contributed by atoms with E-state index in [1.165, 1.54) is 6.20 Å². The molecule has 1 aromatic carbocycles. The van der Waals surface area contributed by atoms with Crippen LogP contribution in [0, 0.1) is 6.92 Å². The molecule has 0 spiro atoms. The average molecular weight is 420 g/mol. The largest absolute Gasteiger partial charge is 0.487 e. The number of anilines is 1. The van der Waals surface area contributed by atoms with Gasteiger partial charge < -0.3 is 14.8 Å². The van der Waals surface area contributed by atoms with Crippen LogP contribution < -0.4 is 14.8 Å². The van der Waals surface area contributed by atoms with Crippen molar-refractivity contribution in [3.63, 3.8) is 0 Å². The summed E-state index contributed by atoms with van der Waals surface area (Å²) in [6, 6.07) is 8.55. The van der Waals surface area contributed by atoms with Gasteiger partial charge in [-0.2, -0.15) is 5.10 Å². The summed E-state index contributed by atoms with van der Waals surface area (Å²) in [6.07, 6.45) is 3.89. The third kappa shape index (κ3) is 4.58. The van der Waals surface area contributed by atoms with E-state index < -0.39 is 5.60 Å². The van der Waals surface area contributed by atoms with Crippen molar-refractivity contribution < 1.29 is 19.1 Å². The molecule has 1 aliphatic heterocycles. The van der Waals surface area contributed by atoms with E-state index >= 15 is 0 Å². The van der Waals surface area contributed by atoms with Crippen LogP contribution in [0.2, 0.25) is 0 Å². The predicted octanol–water partition coefficient (Wildman–Crippen LogP) is 3.35. The maximum atomic E-state index is 12.8. The number of rotatable bonds is 6. The zero-order valence-corrected chi connectivity index (χ0v) is 17.9. The minimum atomic E-state index is -0.429. The number of carbonyl (C=O) groups excluding carboxylic acids is 2. The van der Waals surface area contributed by atoms with Crippen molar-refractivity contribution in [3.8, 4) is 11.5 Å². The van der Waals surface area contributed by atoms with Crippen LogP contribution in [0.5, 0.6) is 11.5 Å². The molecule has 1 N–H and O–H groups in total. The predicted molar refractivity (Wildman–Crippen MR) is 115 cm³/mol. The number of ketones is 1. The molecule has 8 heteroatoms. The van der Waals surface area contributed by atoms with E-state index in [1.807, 2.05) is 20.8 Å². The van der Waals surface area contributed by atoms with E-state index in [4.69, 9.17) is 9.47 Å². The number of fused-ring (bicyclic) bond motifs is 1. The van der Waals surface area contributed by atoms with Gasteiger partial charge in [-0.15, -0.1) is 0 Å². The molecule has 0 radical (unpaired) electrons. The Kier molecular flexibility index (Phi) is 5.22. The van der Waals surface area contributed by atoms with E-state index in [9.17, 15) is 9.59 Å². The molecular weight excluding hydrogens is 396 g/mol. The number of benzene rings is 1. The van der Waals surface area contributed by atoms with E-state index in [2.05, 4.69) is 15.4 Å². The Balaban J connectivity index is 1.57. The lowest BCUT2D eigenvalue weighted by molar-refractivity contribution is 0.0920. The number of nitrogens with zero attached hydrogens (tertiary/aromatic N) is 3. The van der Waals surface area contributed by atoms with Crippen LogP contribution in [0.4, 0.5) is 5.82 Å². The van der Waals surface area contributed by atoms with Gasteiger partial charge in [0.2, 0.25) is 5.78 Å². The molecule has 0 saturated heterocycles. The summed E-state index contributed by atoms with van der Waals surface area (Å²) in [5, 5.41) is 6.92. The molecule has 8 nitrogen and oxygen atoms in total. The van der Waals surface area contributed by atoms with Gasteiger partial charge in [0.15, 0.2) is 12.4 Å². The first-order valence-corrected chi connectivity index (χ1v) is 9.96. The Morgan fingerprint density at radius 1 is 1.23 bits per heavy atom. The highest BCUT2D eigenvalue weighted by molar-refractivity contribution is 6.04. The lowest BCUT2D eigenvalue weighted by Crippen LogP contribution is -2.24. The van der Waals surface area contributed by atoms with Gasteiger partial charge in [-0.25, -0.2) is 0 Å². The number of carbonyl (C=O) groups is 2. The number of pyridine rings is 1. The number of hydrogen-bond acceptors (Lipinski definition) is 6. The van der Waals surface area contributed by atoms with Crippen molar-refractivity contribution in [1.29, 1.82) is 0 Å². The van der Waals surface area contributed by atoms with E-state index in [1.54, 1.807) is 48.3 Å². The SMILES string of the molecule is Cc1ccc(C(=O)COc2cc(C(=O)Nc3ccn(C)n3)cc3c2CC(C)(C)O3)cn1. The topological polar surface area (TPSA) is 95.3 Å². The first kappa shape index (κ1) is 20.6. The van der Waals surface area contributed by atoms with Crippen LogP contribution >= 0.6 is 0 Å². The number of ether oxygens (including phenoxy) is 2. The van der Waals surface area contributed by atoms with Crippen LogP contribution in [0.25, 0.3) is 0 Å². The second-order valence-electron chi connectivity index (χ2n) is 8.22. The molecule has 4 rings (SSSR count). The number of amides is 1. The number of hydrogen-bond donors (Lipinski definition) is 1. The van der Waals surface area contributed by atoms with Crippen molar-refractivity contribution in [2.24, 2.45) is 7.05 Å². The van der Waals surface area contributed by atoms with E-state index in [0.29, 0.717) is 34.9 Å². The van der Waals surface area contributed by atoms with Crippen molar-refractivity contribution in [2.75, 3.05) is 11.9 Å². The second kappa shape index (κ2) is 7.86. The van der Waals surface area contributed by atoms with Gasteiger partial charge in [-0.3, -0.25) is 19.3 Å². The maximum Gasteiger partial charge on any atom is 0.257 e. The molecule has 31 heavy (non-hydrogen) atoms. The Morgan fingerprint density at radius 3 is 2.71 bits per heavy atom. The minimum Gasteiger partial charge on any atom is -0.487 e. The Labute approximate surface area is 180 Å². The highest BCUT2D eigenvalue weighted by Crippen LogP contribution is 2.41. The van der Waals surface area contributed by atoms with E-state index in [0.717, 1.165) is 11.3 Å².